The highest BCUT2D eigenvalue weighted by Gasteiger charge is 2.08. The lowest BCUT2D eigenvalue weighted by molar-refractivity contribution is 0.399. The van der Waals surface area contributed by atoms with Crippen molar-refractivity contribution < 1.29 is 4.74 Å². The molecule has 3 nitrogen and oxygen atoms in total. The minimum Gasteiger partial charge on any atom is -0.496 e. The molecule has 1 N–H and O–H groups in total. The number of rotatable bonds is 4. The highest BCUT2D eigenvalue weighted by molar-refractivity contribution is 7.80. The number of thiocarbonyl (C=S) groups is 1. The monoisotopic (exact) mass is 300 g/mol. The van der Waals surface area contributed by atoms with Crippen LogP contribution in [-0.4, -0.2) is 24.2 Å². The number of aryl methyl sites for hydroxylation is 1. The first kappa shape index (κ1) is 15.3. The Labute approximate surface area is 131 Å². The zero-order valence-electron chi connectivity index (χ0n) is 12.6. The van der Waals surface area contributed by atoms with Gasteiger partial charge in [-0.3, -0.25) is 0 Å². The van der Waals surface area contributed by atoms with Crippen LogP contribution in [0, 0.1) is 6.92 Å². The third kappa shape index (κ3) is 4.20. The van der Waals surface area contributed by atoms with Crippen molar-refractivity contribution in [1.29, 1.82) is 0 Å². The van der Waals surface area contributed by atoms with Crippen molar-refractivity contribution in [3.05, 3.63) is 59.7 Å². The van der Waals surface area contributed by atoms with Gasteiger partial charge >= 0.3 is 0 Å². The topological polar surface area (TPSA) is 24.5 Å². The van der Waals surface area contributed by atoms with E-state index in [1.165, 1.54) is 5.56 Å². The van der Waals surface area contributed by atoms with Crippen molar-refractivity contribution >= 4 is 23.0 Å². The molecule has 0 radical (unpaired) electrons. The molecule has 0 bridgehead atoms. The molecule has 0 aromatic heterocycles. The second kappa shape index (κ2) is 7.09. The fourth-order valence-corrected chi connectivity index (χ4v) is 2.20. The molecule has 0 spiro atoms. The van der Waals surface area contributed by atoms with Gasteiger partial charge in [0.15, 0.2) is 5.11 Å². The van der Waals surface area contributed by atoms with Gasteiger partial charge in [0.25, 0.3) is 0 Å². The lowest BCUT2D eigenvalue weighted by Gasteiger charge is -2.22. The van der Waals surface area contributed by atoms with Crippen LogP contribution in [0.2, 0.25) is 0 Å². The number of hydrogen-bond acceptors (Lipinski definition) is 2. The molecule has 0 saturated heterocycles. The standard InChI is InChI=1S/C17H20N2OS/c1-13-8-10-15(11-9-13)18-17(21)19(2)12-14-6-4-5-7-16(14)20-3/h4-11H,12H2,1-3H3,(H,18,21). The Morgan fingerprint density at radius 2 is 1.81 bits per heavy atom. The predicted octanol–water partition coefficient (Wildman–Crippen LogP) is 3.83. The van der Waals surface area contributed by atoms with Crippen LogP contribution in [0.15, 0.2) is 48.5 Å². The van der Waals surface area contributed by atoms with Crippen LogP contribution in [0.4, 0.5) is 5.69 Å². The summed E-state index contributed by atoms with van der Waals surface area (Å²) in [6.45, 7) is 2.76. The Morgan fingerprint density at radius 1 is 1.14 bits per heavy atom. The summed E-state index contributed by atoms with van der Waals surface area (Å²) in [5, 5.41) is 3.93. The average Bonchev–Trinajstić information content (AvgIpc) is 2.50. The van der Waals surface area contributed by atoms with Gasteiger partial charge in [-0.2, -0.15) is 0 Å². The van der Waals surface area contributed by atoms with Crippen LogP contribution in [0.5, 0.6) is 5.75 Å². The third-order valence-electron chi connectivity index (χ3n) is 3.25. The highest BCUT2D eigenvalue weighted by atomic mass is 32.1. The van der Waals surface area contributed by atoms with Crippen molar-refractivity contribution in [3.8, 4) is 5.75 Å². The fraction of sp³-hybridized carbons (Fsp3) is 0.235. The average molecular weight is 300 g/mol. The smallest absolute Gasteiger partial charge is 0.173 e. The van der Waals surface area contributed by atoms with E-state index in [2.05, 4.69) is 24.4 Å². The third-order valence-corrected chi connectivity index (χ3v) is 3.66. The molecule has 0 aliphatic carbocycles. The molecule has 2 rings (SSSR count). The normalized spacial score (nSPS) is 10.0. The molecule has 0 heterocycles. The first-order chi connectivity index (χ1) is 10.1. The van der Waals surface area contributed by atoms with Crippen LogP contribution in [-0.2, 0) is 6.54 Å². The van der Waals surface area contributed by atoms with E-state index in [4.69, 9.17) is 17.0 Å². The van der Waals surface area contributed by atoms with Gasteiger partial charge in [0.2, 0.25) is 0 Å². The van der Waals surface area contributed by atoms with Crippen LogP contribution < -0.4 is 10.1 Å². The first-order valence-corrected chi connectivity index (χ1v) is 7.21. The molecule has 0 saturated carbocycles. The summed E-state index contributed by atoms with van der Waals surface area (Å²) in [5.41, 5.74) is 3.34. The molecule has 0 unspecified atom stereocenters. The molecule has 21 heavy (non-hydrogen) atoms. The molecule has 110 valence electrons. The van der Waals surface area contributed by atoms with Gasteiger partial charge in [-0.15, -0.1) is 0 Å². The summed E-state index contributed by atoms with van der Waals surface area (Å²) in [5.74, 6) is 0.877. The van der Waals surface area contributed by atoms with E-state index in [0.717, 1.165) is 17.0 Å². The molecular formula is C17H20N2OS. The number of benzene rings is 2. The molecule has 2 aromatic carbocycles. The van der Waals surface area contributed by atoms with Crippen molar-refractivity contribution in [2.75, 3.05) is 19.5 Å². The lowest BCUT2D eigenvalue weighted by atomic mass is 10.2. The van der Waals surface area contributed by atoms with E-state index in [-0.39, 0.29) is 0 Å². The van der Waals surface area contributed by atoms with Crippen molar-refractivity contribution in [2.24, 2.45) is 0 Å². The maximum atomic E-state index is 5.44. The van der Waals surface area contributed by atoms with Crippen molar-refractivity contribution in [2.45, 2.75) is 13.5 Å². The minimum atomic E-state index is 0.685. The maximum Gasteiger partial charge on any atom is 0.173 e. The van der Waals surface area contributed by atoms with Gasteiger partial charge in [-0.25, -0.2) is 0 Å². The van der Waals surface area contributed by atoms with Gasteiger partial charge in [-0.05, 0) is 37.3 Å². The van der Waals surface area contributed by atoms with Crippen molar-refractivity contribution in [1.82, 2.24) is 4.90 Å². The number of hydrogen-bond donors (Lipinski definition) is 1. The van der Waals surface area contributed by atoms with E-state index < -0.39 is 0 Å². The van der Waals surface area contributed by atoms with Gasteiger partial charge in [-0.1, -0.05) is 35.9 Å². The Kier molecular flexibility index (Phi) is 5.17. The molecule has 0 fully saturated rings. The molecule has 0 aliphatic heterocycles. The van der Waals surface area contributed by atoms with E-state index >= 15 is 0 Å². The van der Waals surface area contributed by atoms with E-state index in [1.54, 1.807) is 7.11 Å². The van der Waals surface area contributed by atoms with Crippen LogP contribution in [0.3, 0.4) is 0 Å². The number of anilines is 1. The molecule has 0 amide bonds. The Balaban J connectivity index is 2.01. The summed E-state index contributed by atoms with van der Waals surface area (Å²) in [6.07, 6.45) is 0. The van der Waals surface area contributed by atoms with E-state index in [0.29, 0.717) is 11.7 Å². The molecular weight excluding hydrogens is 280 g/mol. The second-order valence-corrected chi connectivity index (χ2v) is 5.35. The van der Waals surface area contributed by atoms with Crippen LogP contribution >= 0.6 is 12.2 Å². The SMILES string of the molecule is COc1ccccc1CN(C)C(=S)Nc1ccc(C)cc1. The zero-order chi connectivity index (χ0) is 15.2. The number of methoxy groups -OCH3 is 1. The maximum absolute atomic E-state index is 5.44. The summed E-state index contributed by atoms with van der Waals surface area (Å²) >= 11 is 5.44. The molecule has 4 heteroatoms. The summed E-state index contributed by atoms with van der Waals surface area (Å²) in [7, 11) is 3.65. The van der Waals surface area contributed by atoms with Gasteiger partial charge in [0, 0.05) is 24.8 Å². The summed E-state index contributed by atoms with van der Waals surface area (Å²) in [6, 6.07) is 16.1. The predicted molar refractivity (Wildman–Crippen MR) is 91.9 cm³/mol. The Bertz CT molecular complexity index is 610. The summed E-state index contributed by atoms with van der Waals surface area (Å²) in [4.78, 5) is 1.99. The first-order valence-electron chi connectivity index (χ1n) is 6.81. The van der Waals surface area contributed by atoms with Gasteiger partial charge in [0.05, 0.1) is 7.11 Å². The molecule has 0 aliphatic rings. The molecule has 0 atom stereocenters. The van der Waals surface area contributed by atoms with Crippen LogP contribution in [0.25, 0.3) is 0 Å². The number of para-hydroxylation sites is 1. The van der Waals surface area contributed by atoms with E-state index in [9.17, 15) is 0 Å². The van der Waals surface area contributed by atoms with Gasteiger partial charge < -0.3 is 15.0 Å². The number of nitrogens with one attached hydrogen (secondary N) is 1. The molecule has 2 aromatic rings. The summed E-state index contributed by atoms with van der Waals surface area (Å²) < 4.78 is 5.37. The van der Waals surface area contributed by atoms with E-state index in [1.807, 2.05) is 48.3 Å². The Morgan fingerprint density at radius 3 is 2.48 bits per heavy atom. The fourth-order valence-electron chi connectivity index (χ4n) is 2.02. The Hall–Kier alpha value is -2.07. The highest BCUT2D eigenvalue weighted by Crippen LogP contribution is 2.19. The quantitative estimate of drug-likeness (QED) is 0.867. The number of ether oxygens (including phenoxy) is 1. The van der Waals surface area contributed by atoms with Crippen molar-refractivity contribution in [3.63, 3.8) is 0 Å². The lowest BCUT2D eigenvalue weighted by Crippen LogP contribution is -2.30. The zero-order valence-corrected chi connectivity index (χ0v) is 13.4. The second-order valence-electron chi connectivity index (χ2n) is 4.96. The minimum absolute atomic E-state index is 0.685. The van der Waals surface area contributed by atoms with Gasteiger partial charge in [0.1, 0.15) is 5.75 Å². The number of nitrogens with zero attached hydrogens (tertiary/aromatic N) is 1. The largest absolute Gasteiger partial charge is 0.496 e. The van der Waals surface area contributed by atoms with Crippen LogP contribution in [0.1, 0.15) is 11.1 Å².